The van der Waals surface area contributed by atoms with Crippen molar-refractivity contribution in [1.82, 2.24) is 20.3 Å². The molecule has 1 aromatic heterocycles. The maximum Gasteiger partial charge on any atom is 0.325 e. The number of hydrogen-bond donors (Lipinski definition) is 2. The number of rotatable bonds is 7. The Labute approximate surface area is 125 Å². The molecule has 0 saturated carbocycles. The third kappa shape index (κ3) is 4.97. The molecule has 2 rings (SSSR count). The number of carboxylic acid groups (broad SMARTS) is 1. The predicted molar refractivity (Wildman–Crippen MR) is 74.2 cm³/mol. The van der Waals surface area contributed by atoms with Crippen LogP contribution < -0.4 is 5.32 Å². The molecule has 0 aliphatic heterocycles. The molecular weight excluding hydrogens is 291 g/mol. The largest absolute Gasteiger partial charge is 0.480 e. The van der Waals surface area contributed by atoms with E-state index in [1.807, 2.05) is 0 Å². The van der Waals surface area contributed by atoms with Gasteiger partial charge in [-0.15, -0.1) is 5.10 Å². The van der Waals surface area contributed by atoms with Crippen LogP contribution in [0.4, 0.5) is 4.39 Å². The average Bonchev–Trinajstić information content (AvgIpc) is 2.91. The second-order valence-corrected chi connectivity index (χ2v) is 4.70. The van der Waals surface area contributed by atoms with Crippen LogP contribution in [0, 0.1) is 5.82 Å². The third-order valence-electron chi connectivity index (χ3n) is 2.90. The second kappa shape index (κ2) is 7.30. The number of amides is 1. The number of aromatic nitrogens is 3. The van der Waals surface area contributed by atoms with Crippen molar-refractivity contribution in [3.05, 3.63) is 47.5 Å². The SMILES string of the molecule is O=C(O)Cn1cc(CNC(=O)CCc2ccc(F)cc2)nn1. The molecule has 0 radical (unpaired) electrons. The van der Waals surface area contributed by atoms with Crippen LogP contribution in [0.1, 0.15) is 17.7 Å². The molecule has 0 unspecified atom stereocenters. The molecule has 0 saturated heterocycles. The number of nitrogens with zero attached hydrogens (tertiary/aromatic N) is 3. The first kappa shape index (κ1) is 15.6. The lowest BCUT2D eigenvalue weighted by atomic mass is 10.1. The Bertz CT molecular complexity index is 654. The molecule has 0 atom stereocenters. The summed E-state index contributed by atoms with van der Waals surface area (Å²) in [6.45, 7) is -0.0899. The lowest BCUT2D eigenvalue weighted by Gasteiger charge is -2.03. The van der Waals surface area contributed by atoms with Gasteiger partial charge in [0, 0.05) is 6.42 Å². The smallest absolute Gasteiger partial charge is 0.325 e. The Balaban J connectivity index is 1.74. The number of carbonyl (C=O) groups excluding carboxylic acids is 1. The van der Waals surface area contributed by atoms with Gasteiger partial charge in [0.15, 0.2) is 0 Å². The van der Waals surface area contributed by atoms with E-state index >= 15 is 0 Å². The van der Waals surface area contributed by atoms with Gasteiger partial charge in [0.05, 0.1) is 12.7 Å². The van der Waals surface area contributed by atoms with E-state index in [1.165, 1.54) is 23.0 Å². The summed E-state index contributed by atoms with van der Waals surface area (Å²) in [4.78, 5) is 22.2. The fraction of sp³-hybridized carbons (Fsp3) is 0.286. The van der Waals surface area contributed by atoms with Crippen molar-refractivity contribution in [2.24, 2.45) is 0 Å². The topological polar surface area (TPSA) is 97.1 Å². The standard InChI is InChI=1S/C14H15FN4O3/c15-11-4-1-10(2-5-11)3-6-13(20)16-7-12-8-19(18-17-12)9-14(21)22/h1-2,4-5,8H,3,6-7,9H2,(H,16,20)(H,21,22). The molecule has 7 nitrogen and oxygen atoms in total. The van der Waals surface area contributed by atoms with E-state index in [-0.39, 0.29) is 31.2 Å². The number of benzene rings is 1. The maximum atomic E-state index is 12.7. The van der Waals surface area contributed by atoms with Crippen LogP contribution in [0.2, 0.25) is 0 Å². The summed E-state index contributed by atoms with van der Waals surface area (Å²) in [7, 11) is 0. The zero-order chi connectivity index (χ0) is 15.9. The molecule has 1 heterocycles. The molecule has 116 valence electrons. The van der Waals surface area contributed by atoms with Crippen molar-refractivity contribution in [3.8, 4) is 0 Å². The minimum atomic E-state index is -1.01. The van der Waals surface area contributed by atoms with Crippen LogP contribution in [0.15, 0.2) is 30.5 Å². The van der Waals surface area contributed by atoms with E-state index in [4.69, 9.17) is 5.11 Å². The van der Waals surface area contributed by atoms with Gasteiger partial charge in [0.1, 0.15) is 18.1 Å². The van der Waals surface area contributed by atoms with Crippen molar-refractivity contribution < 1.29 is 19.1 Å². The van der Waals surface area contributed by atoms with Gasteiger partial charge in [0.2, 0.25) is 5.91 Å². The molecule has 22 heavy (non-hydrogen) atoms. The summed E-state index contributed by atoms with van der Waals surface area (Å²) in [5.41, 5.74) is 1.36. The molecule has 2 aromatic rings. The van der Waals surface area contributed by atoms with E-state index in [2.05, 4.69) is 15.6 Å². The third-order valence-corrected chi connectivity index (χ3v) is 2.90. The number of aliphatic carboxylic acids is 1. The van der Waals surface area contributed by atoms with E-state index < -0.39 is 5.97 Å². The molecule has 0 spiro atoms. The van der Waals surface area contributed by atoms with Gasteiger partial charge in [-0.25, -0.2) is 9.07 Å². The number of carbonyl (C=O) groups is 2. The average molecular weight is 306 g/mol. The molecule has 1 aromatic carbocycles. The van der Waals surface area contributed by atoms with Crippen LogP contribution in [-0.4, -0.2) is 32.0 Å². The Morgan fingerprint density at radius 2 is 2.00 bits per heavy atom. The van der Waals surface area contributed by atoms with Crippen LogP contribution >= 0.6 is 0 Å². The fourth-order valence-electron chi connectivity index (χ4n) is 1.82. The van der Waals surface area contributed by atoms with Crippen molar-refractivity contribution >= 4 is 11.9 Å². The van der Waals surface area contributed by atoms with Crippen molar-refractivity contribution in [2.75, 3.05) is 0 Å². The molecule has 8 heteroatoms. The quantitative estimate of drug-likeness (QED) is 0.787. The summed E-state index contributed by atoms with van der Waals surface area (Å²) in [6, 6.07) is 5.99. The minimum Gasteiger partial charge on any atom is -0.480 e. The summed E-state index contributed by atoms with van der Waals surface area (Å²) in [6.07, 6.45) is 2.25. The first-order valence-corrected chi connectivity index (χ1v) is 6.65. The summed E-state index contributed by atoms with van der Waals surface area (Å²) < 4.78 is 13.9. The summed E-state index contributed by atoms with van der Waals surface area (Å²) >= 11 is 0. The molecule has 0 aliphatic carbocycles. The zero-order valence-corrected chi connectivity index (χ0v) is 11.7. The number of hydrogen-bond acceptors (Lipinski definition) is 4. The van der Waals surface area contributed by atoms with Crippen molar-refractivity contribution in [3.63, 3.8) is 0 Å². The summed E-state index contributed by atoms with van der Waals surface area (Å²) in [5.74, 6) is -1.49. The van der Waals surface area contributed by atoms with Crippen LogP contribution in [0.5, 0.6) is 0 Å². The molecule has 0 aliphatic rings. The Morgan fingerprint density at radius 1 is 1.27 bits per heavy atom. The van der Waals surface area contributed by atoms with Crippen LogP contribution in [0.25, 0.3) is 0 Å². The van der Waals surface area contributed by atoms with E-state index in [0.717, 1.165) is 5.56 Å². The van der Waals surface area contributed by atoms with E-state index in [1.54, 1.807) is 12.1 Å². The Hall–Kier alpha value is -2.77. The maximum absolute atomic E-state index is 12.7. The van der Waals surface area contributed by atoms with Gasteiger partial charge in [0.25, 0.3) is 0 Å². The first-order valence-electron chi connectivity index (χ1n) is 6.65. The first-order chi connectivity index (χ1) is 10.5. The highest BCUT2D eigenvalue weighted by molar-refractivity contribution is 5.76. The zero-order valence-electron chi connectivity index (χ0n) is 11.7. The minimum absolute atomic E-state index is 0.169. The van der Waals surface area contributed by atoms with Gasteiger partial charge in [-0.1, -0.05) is 17.3 Å². The predicted octanol–water partition coefficient (Wildman–Crippen LogP) is 0.751. The lowest BCUT2D eigenvalue weighted by molar-refractivity contribution is -0.138. The molecule has 0 bridgehead atoms. The highest BCUT2D eigenvalue weighted by Crippen LogP contribution is 2.05. The molecule has 2 N–H and O–H groups in total. The lowest BCUT2D eigenvalue weighted by Crippen LogP contribution is -2.23. The normalized spacial score (nSPS) is 10.4. The number of halogens is 1. The molecular formula is C14H15FN4O3. The highest BCUT2D eigenvalue weighted by atomic mass is 19.1. The van der Waals surface area contributed by atoms with Crippen LogP contribution in [-0.2, 0) is 29.1 Å². The van der Waals surface area contributed by atoms with Crippen molar-refractivity contribution in [2.45, 2.75) is 25.9 Å². The Morgan fingerprint density at radius 3 is 2.68 bits per heavy atom. The monoisotopic (exact) mass is 306 g/mol. The van der Waals surface area contributed by atoms with E-state index in [0.29, 0.717) is 12.1 Å². The number of aryl methyl sites for hydroxylation is 1. The number of nitrogens with one attached hydrogen (secondary N) is 1. The number of carboxylic acids is 1. The van der Waals surface area contributed by atoms with E-state index in [9.17, 15) is 14.0 Å². The fourth-order valence-corrected chi connectivity index (χ4v) is 1.82. The van der Waals surface area contributed by atoms with Gasteiger partial charge in [-0.3, -0.25) is 9.59 Å². The van der Waals surface area contributed by atoms with Gasteiger partial charge >= 0.3 is 5.97 Å². The van der Waals surface area contributed by atoms with Gasteiger partial charge in [-0.2, -0.15) is 0 Å². The molecule has 0 fully saturated rings. The second-order valence-electron chi connectivity index (χ2n) is 4.70. The highest BCUT2D eigenvalue weighted by Gasteiger charge is 2.07. The Kier molecular flexibility index (Phi) is 5.18. The molecule has 1 amide bonds. The van der Waals surface area contributed by atoms with Crippen LogP contribution in [0.3, 0.4) is 0 Å². The van der Waals surface area contributed by atoms with Gasteiger partial charge < -0.3 is 10.4 Å². The summed E-state index contributed by atoms with van der Waals surface area (Å²) in [5, 5.41) is 18.7. The van der Waals surface area contributed by atoms with Gasteiger partial charge in [-0.05, 0) is 24.1 Å². The van der Waals surface area contributed by atoms with Crippen molar-refractivity contribution in [1.29, 1.82) is 0 Å².